The van der Waals surface area contributed by atoms with Crippen molar-refractivity contribution in [2.75, 3.05) is 0 Å². The van der Waals surface area contributed by atoms with Crippen molar-refractivity contribution in [1.82, 2.24) is 10.6 Å². The van der Waals surface area contributed by atoms with E-state index < -0.39 is 29.5 Å². The van der Waals surface area contributed by atoms with E-state index in [0.717, 1.165) is 24.3 Å². The number of carbonyl (C=O) groups is 2. The molecule has 1 atom stereocenters. The minimum atomic E-state index is -5.19. The average molecular weight is 365 g/mol. The number of aliphatic imine (C=N–C) groups is 1. The third-order valence-corrected chi connectivity index (χ3v) is 3.70. The highest BCUT2D eigenvalue weighted by Crippen LogP contribution is 2.35. The first kappa shape index (κ1) is 17.6. The molecule has 1 unspecified atom stereocenters. The molecule has 9 heteroatoms. The van der Waals surface area contributed by atoms with Crippen molar-refractivity contribution < 1.29 is 27.2 Å². The van der Waals surface area contributed by atoms with Crippen LogP contribution in [0.15, 0.2) is 59.6 Å². The quantitative estimate of drug-likeness (QED) is 0.820. The number of benzene rings is 2. The van der Waals surface area contributed by atoms with E-state index in [1.807, 2.05) is 5.32 Å². The Hall–Kier alpha value is -3.23. The molecule has 1 heterocycles. The second kappa shape index (κ2) is 6.25. The molecule has 2 amide bonds. The summed E-state index contributed by atoms with van der Waals surface area (Å²) < 4.78 is 53.9. The summed E-state index contributed by atoms with van der Waals surface area (Å²) in [7, 11) is 0. The van der Waals surface area contributed by atoms with E-state index in [1.54, 1.807) is 23.5 Å². The van der Waals surface area contributed by atoms with Gasteiger partial charge in [-0.25, -0.2) is 9.38 Å². The molecule has 0 saturated carbocycles. The lowest BCUT2D eigenvalue weighted by molar-refractivity contribution is -0.192. The molecule has 1 aliphatic heterocycles. The number of nitrogens with one attached hydrogen (secondary N) is 2. The Kier molecular flexibility index (Phi) is 4.23. The van der Waals surface area contributed by atoms with Crippen LogP contribution in [0.25, 0.3) is 0 Å². The highest BCUT2D eigenvalue weighted by molar-refractivity contribution is 6.16. The summed E-state index contributed by atoms with van der Waals surface area (Å²) >= 11 is 0. The van der Waals surface area contributed by atoms with Crippen LogP contribution in [0.5, 0.6) is 0 Å². The van der Waals surface area contributed by atoms with Crippen molar-refractivity contribution >= 4 is 17.6 Å². The van der Waals surface area contributed by atoms with Crippen LogP contribution in [-0.2, 0) is 4.79 Å². The Morgan fingerprint density at radius 1 is 1.04 bits per heavy atom. The summed E-state index contributed by atoms with van der Waals surface area (Å²) in [5, 5.41) is 3.68. The third kappa shape index (κ3) is 3.03. The number of carbonyl (C=O) groups excluding carboxylic acids is 2. The first-order valence-electron chi connectivity index (χ1n) is 7.34. The van der Waals surface area contributed by atoms with Gasteiger partial charge in [-0.15, -0.1) is 0 Å². The van der Waals surface area contributed by atoms with E-state index in [4.69, 9.17) is 0 Å². The second-order valence-corrected chi connectivity index (χ2v) is 5.45. The smallest absolute Gasteiger partial charge is 0.312 e. The molecule has 0 aliphatic carbocycles. The maximum atomic E-state index is 13.7. The van der Waals surface area contributed by atoms with Gasteiger partial charge in [0.1, 0.15) is 11.7 Å². The van der Waals surface area contributed by atoms with Gasteiger partial charge in [-0.2, -0.15) is 13.2 Å². The standard InChI is InChI=1S/C17H11F4N3O2/c18-12-8-6-11(7-9-12)14(25)24-16(17(19,20)21)15(26)22-13(23-16)10-4-2-1-3-5-10/h1-9H,(H,24,25)(H,22,23,26). The van der Waals surface area contributed by atoms with Crippen molar-refractivity contribution in [3.05, 3.63) is 71.5 Å². The lowest BCUT2D eigenvalue weighted by atomic mass is 10.1. The Morgan fingerprint density at radius 3 is 2.23 bits per heavy atom. The highest BCUT2D eigenvalue weighted by atomic mass is 19.4. The third-order valence-electron chi connectivity index (χ3n) is 3.70. The van der Waals surface area contributed by atoms with Crippen LogP contribution in [0.2, 0.25) is 0 Å². The Morgan fingerprint density at radius 2 is 1.65 bits per heavy atom. The van der Waals surface area contributed by atoms with Gasteiger partial charge in [-0.1, -0.05) is 30.3 Å². The Bertz CT molecular complexity index is 879. The number of alkyl halides is 3. The van der Waals surface area contributed by atoms with E-state index in [-0.39, 0.29) is 17.0 Å². The van der Waals surface area contributed by atoms with E-state index >= 15 is 0 Å². The number of nitrogens with zero attached hydrogens (tertiary/aromatic N) is 1. The van der Waals surface area contributed by atoms with Gasteiger partial charge >= 0.3 is 11.8 Å². The maximum absolute atomic E-state index is 13.7. The Labute approximate surface area is 144 Å². The van der Waals surface area contributed by atoms with Gasteiger partial charge in [0, 0.05) is 11.1 Å². The minimum absolute atomic E-state index is 0.244. The van der Waals surface area contributed by atoms with Crippen molar-refractivity contribution in [2.45, 2.75) is 11.8 Å². The number of halogens is 4. The SMILES string of the molecule is O=C(NC1(C(F)(F)F)N=C(c2ccccc2)NC1=O)c1ccc(F)cc1. The van der Waals surface area contributed by atoms with E-state index in [9.17, 15) is 27.2 Å². The lowest BCUT2D eigenvalue weighted by Crippen LogP contribution is -2.63. The highest BCUT2D eigenvalue weighted by Gasteiger charge is 2.65. The largest absolute Gasteiger partial charge is 0.442 e. The second-order valence-electron chi connectivity index (χ2n) is 5.45. The molecule has 0 aromatic heterocycles. The Balaban J connectivity index is 2.00. The van der Waals surface area contributed by atoms with Gasteiger partial charge in [0.2, 0.25) is 0 Å². The van der Waals surface area contributed by atoms with Gasteiger partial charge in [0.25, 0.3) is 11.8 Å². The molecule has 0 fully saturated rings. The molecule has 2 aromatic carbocycles. The van der Waals surface area contributed by atoms with Gasteiger partial charge < -0.3 is 10.6 Å². The minimum Gasteiger partial charge on any atom is -0.312 e. The summed E-state index contributed by atoms with van der Waals surface area (Å²) in [5.74, 6) is -3.71. The summed E-state index contributed by atoms with van der Waals surface area (Å²) in [4.78, 5) is 27.7. The number of rotatable bonds is 3. The number of amidine groups is 1. The predicted molar refractivity (Wildman–Crippen MR) is 83.8 cm³/mol. The average Bonchev–Trinajstić information content (AvgIpc) is 2.94. The lowest BCUT2D eigenvalue weighted by Gasteiger charge is -2.27. The van der Waals surface area contributed by atoms with Crippen molar-refractivity contribution in [3.8, 4) is 0 Å². The topological polar surface area (TPSA) is 70.6 Å². The molecular weight excluding hydrogens is 354 g/mol. The molecule has 26 heavy (non-hydrogen) atoms. The fourth-order valence-electron chi connectivity index (χ4n) is 2.36. The van der Waals surface area contributed by atoms with Gasteiger partial charge in [-0.3, -0.25) is 9.59 Å². The van der Waals surface area contributed by atoms with Gasteiger partial charge in [0.15, 0.2) is 0 Å². The molecule has 0 spiro atoms. The first-order chi connectivity index (χ1) is 12.2. The van der Waals surface area contributed by atoms with Crippen molar-refractivity contribution in [1.29, 1.82) is 0 Å². The summed E-state index contributed by atoms with van der Waals surface area (Å²) in [6, 6.07) is 11.6. The molecule has 5 nitrogen and oxygen atoms in total. The molecule has 3 rings (SSSR count). The molecule has 0 radical (unpaired) electrons. The van der Waals surface area contributed by atoms with Gasteiger partial charge in [-0.05, 0) is 24.3 Å². The van der Waals surface area contributed by atoms with E-state index in [2.05, 4.69) is 4.99 Å². The molecule has 2 aromatic rings. The van der Waals surface area contributed by atoms with Crippen LogP contribution in [-0.4, -0.2) is 29.5 Å². The molecular formula is C17H11F4N3O2. The fraction of sp³-hybridized carbons (Fsp3) is 0.118. The summed E-state index contributed by atoms with van der Waals surface area (Å²) in [5.41, 5.74) is -3.46. The maximum Gasteiger partial charge on any atom is 0.442 e. The number of hydrogen-bond donors (Lipinski definition) is 2. The van der Waals surface area contributed by atoms with E-state index in [1.165, 1.54) is 12.1 Å². The monoisotopic (exact) mass is 365 g/mol. The molecule has 1 aliphatic rings. The number of hydrogen-bond acceptors (Lipinski definition) is 3. The summed E-state index contributed by atoms with van der Waals surface area (Å²) in [6.07, 6.45) is -5.19. The van der Waals surface area contributed by atoms with Gasteiger partial charge in [0.05, 0.1) is 0 Å². The van der Waals surface area contributed by atoms with Crippen LogP contribution in [0.3, 0.4) is 0 Å². The zero-order chi connectivity index (χ0) is 18.9. The molecule has 134 valence electrons. The predicted octanol–water partition coefficient (Wildman–Crippen LogP) is 2.39. The zero-order valence-corrected chi connectivity index (χ0v) is 13.0. The van der Waals surface area contributed by atoms with Crippen molar-refractivity contribution in [2.24, 2.45) is 4.99 Å². The summed E-state index contributed by atoms with van der Waals surface area (Å²) in [6.45, 7) is 0. The van der Waals surface area contributed by atoms with Crippen molar-refractivity contribution in [3.63, 3.8) is 0 Å². The van der Waals surface area contributed by atoms with E-state index in [0.29, 0.717) is 0 Å². The number of amides is 2. The van der Waals surface area contributed by atoms with Crippen LogP contribution in [0, 0.1) is 5.82 Å². The molecule has 0 bridgehead atoms. The normalized spacial score (nSPS) is 19.7. The molecule has 0 saturated heterocycles. The van der Waals surface area contributed by atoms with Crippen LogP contribution < -0.4 is 10.6 Å². The molecule has 2 N–H and O–H groups in total. The first-order valence-corrected chi connectivity index (χ1v) is 7.34. The fourth-order valence-corrected chi connectivity index (χ4v) is 2.36. The van der Waals surface area contributed by atoms with Crippen LogP contribution >= 0.6 is 0 Å². The van der Waals surface area contributed by atoms with Crippen LogP contribution in [0.4, 0.5) is 17.6 Å². The van der Waals surface area contributed by atoms with Crippen LogP contribution in [0.1, 0.15) is 15.9 Å². The zero-order valence-electron chi connectivity index (χ0n) is 13.0.